The Morgan fingerprint density at radius 3 is 2.21 bits per heavy atom. The van der Waals surface area contributed by atoms with Crippen LogP contribution in [0, 0.1) is 5.82 Å². The molecule has 2 N–H and O–H groups in total. The van der Waals surface area contributed by atoms with Crippen molar-refractivity contribution in [2.45, 2.75) is 13.0 Å². The molecule has 0 aliphatic carbocycles. The van der Waals surface area contributed by atoms with Gasteiger partial charge in [-0.3, -0.25) is 4.79 Å². The molecule has 0 aliphatic heterocycles. The summed E-state index contributed by atoms with van der Waals surface area (Å²) >= 11 is 0. The van der Waals surface area contributed by atoms with Crippen molar-refractivity contribution in [3.8, 4) is 0 Å². The van der Waals surface area contributed by atoms with Crippen LogP contribution in [0.2, 0.25) is 0 Å². The zero-order valence-electron chi connectivity index (χ0n) is 10.4. The van der Waals surface area contributed by atoms with Crippen LogP contribution >= 0.6 is 0 Å². The van der Waals surface area contributed by atoms with E-state index in [1.165, 1.54) is 24.3 Å². The summed E-state index contributed by atoms with van der Waals surface area (Å²) in [5, 5.41) is 12.1. The molecule has 0 radical (unpaired) electrons. The minimum atomic E-state index is -0.540. The maximum Gasteiger partial charge on any atom is 0.255 e. The number of aliphatic hydroxyl groups excluding tert-OH is 1. The summed E-state index contributed by atoms with van der Waals surface area (Å²) < 4.78 is 12.7. The number of benzene rings is 2. The van der Waals surface area contributed by atoms with E-state index in [1.54, 1.807) is 31.2 Å². The topological polar surface area (TPSA) is 49.3 Å². The highest BCUT2D eigenvalue weighted by atomic mass is 19.1. The molecule has 2 aromatic rings. The molecule has 0 aromatic heterocycles. The second-order valence-electron chi connectivity index (χ2n) is 4.26. The number of hydrogen-bond acceptors (Lipinski definition) is 2. The fourth-order valence-electron chi connectivity index (χ4n) is 1.65. The van der Waals surface area contributed by atoms with Crippen LogP contribution in [-0.4, -0.2) is 11.0 Å². The van der Waals surface area contributed by atoms with Gasteiger partial charge in [0, 0.05) is 11.3 Å². The Kier molecular flexibility index (Phi) is 3.92. The Labute approximate surface area is 110 Å². The number of hydrogen-bond donors (Lipinski definition) is 2. The van der Waals surface area contributed by atoms with Crippen molar-refractivity contribution in [2.24, 2.45) is 0 Å². The van der Waals surface area contributed by atoms with Gasteiger partial charge >= 0.3 is 0 Å². The van der Waals surface area contributed by atoms with Gasteiger partial charge in [-0.25, -0.2) is 4.39 Å². The average Bonchev–Trinajstić information content (AvgIpc) is 2.40. The molecule has 0 saturated carbocycles. The molecule has 4 heteroatoms. The molecule has 0 spiro atoms. The lowest BCUT2D eigenvalue weighted by atomic mass is 10.1. The van der Waals surface area contributed by atoms with Gasteiger partial charge in [-0.1, -0.05) is 12.1 Å². The molecule has 0 unspecified atom stereocenters. The van der Waals surface area contributed by atoms with Gasteiger partial charge in [0.15, 0.2) is 0 Å². The van der Waals surface area contributed by atoms with E-state index >= 15 is 0 Å². The predicted octanol–water partition coefficient (Wildman–Crippen LogP) is 3.13. The highest BCUT2D eigenvalue weighted by Crippen LogP contribution is 2.16. The predicted molar refractivity (Wildman–Crippen MR) is 71.4 cm³/mol. The molecule has 0 fully saturated rings. The zero-order chi connectivity index (χ0) is 13.8. The van der Waals surface area contributed by atoms with E-state index < -0.39 is 6.10 Å². The van der Waals surface area contributed by atoms with Gasteiger partial charge in [0.25, 0.3) is 5.91 Å². The van der Waals surface area contributed by atoms with Gasteiger partial charge in [0.1, 0.15) is 5.82 Å². The van der Waals surface area contributed by atoms with Crippen molar-refractivity contribution in [2.75, 3.05) is 5.32 Å². The van der Waals surface area contributed by atoms with Crippen molar-refractivity contribution in [3.05, 3.63) is 65.5 Å². The molecular formula is C15H14FNO2. The van der Waals surface area contributed by atoms with Crippen molar-refractivity contribution >= 4 is 11.6 Å². The molecule has 0 heterocycles. The van der Waals surface area contributed by atoms with E-state index in [4.69, 9.17) is 0 Å². The standard InChI is InChI=1S/C15H14FNO2/c1-10(18)11-4-8-14(9-5-11)17-15(19)12-2-6-13(16)7-3-12/h2-10,18H,1H3,(H,17,19)/t10-/m1/s1. The summed E-state index contributed by atoms with van der Waals surface area (Å²) in [4.78, 5) is 11.9. The fraction of sp³-hybridized carbons (Fsp3) is 0.133. The molecule has 0 bridgehead atoms. The molecule has 1 atom stereocenters. The Hall–Kier alpha value is -2.20. The molecule has 1 amide bonds. The van der Waals surface area contributed by atoms with E-state index in [9.17, 15) is 14.3 Å². The van der Waals surface area contributed by atoms with Crippen LogP contribution in [-0.2, 0) is 0 Å². The molecule has 2 rings (SSSR count). The summed E-state index contributed by atoms with van der Waals surface area (Å²) in [6, 6.07) is 12.2. The molecule has 19 heavy (non-hydrogen) atoms. The SMILES string of the molecule is C[C@@H](O)c1ccc(NC(=O)c2ccc(F)cc2)cc1. The van der Waals surface area contributed by atoms with E-state index in [2.05, 4.69) is 5.32 Å². The van der Waals surface area contributed by atoms with Crippen LogP contribution in [0.1, 0.15) is 28.9 Å². The second-order valence-corrected chi connectivity index (χ2v) is 4.26. The minimum absolute atomic E-state index is 0.301. The molecule has 98 valence electrons. The summed E-state index contributed by atoms with van der Waals surface area (Å²) in [6.07, 6.45) is -0.540. The van der Waals surface area contributed by atoms with Gasteiger partial charge in [-0.15, -0.1) is 0 Å². The highest BCUT2D eigenvalue weighted by molar-refractivity contribution is 6.04. The third kappa shape index (κ3) is 3.39. The van der Waals surface area contributed by atoms with Crippen molar-refractivity contribution in [3.63, 3.8) is 0 Å². The summed E-state index contributed by atoms with van der Waals surface area (Å²) in [7, 11) is 0. The Morgan fingerprint density at radius 2 is 1.68 bits per heavy atom. The first kappa shape index (κ1) is 13.2. The van der Waals surface area contributed by atoms with E-state index in [0.717, 1.165) is 5.56 Å². The van der Waals surface area contributed by atoms with Gasteiger partial charge in [0.05, 0.1) is 6.10 Å². The Balaban J connectivity index is 2.08. The first-order chi connectivity index (χ1) is 9.06. The van der Waals surface area contributed by atoms with Crippen LogP contribution in [0.15, 0.2) is 48.5 Å². The van der Waals surface area contributed by atoms with E-state index in [0.29, 0.717) is 11.3 Å². The monoisotopic (exact) mass is 259 g/mol. The maximum atomic E-state index is 12.7. The lowest BCUT2D eigenvalue weighted by molar-refractivity contribution is 0.102. The summed E-state index contributed by atoms with van der Waals surface area (Å²) in [6.45, 7) is 1.67. The van der Waals surface area contributed by atoms with Crippen molar-refractivity contribution in [1.82, 2.24) is 0 Å². The number of carbonyl (C=O) groups is 1. The maximum absolute atomic E-state index is 12.7. The number of carbonyl (C=O) groups excluding carboxylic acids is 1. The highest BCUT2D eigenvalue weighted by Gasteiger charge is 2.06. The number of nitrogens with one attached hydrogen (secondary N) is 1. The summed E-state index contributed by atoms with van der Waals surface area (Å²) in [5.74, 6) is -0.678. The lowest BCUT2D eigenvalue weighted by Crippen LogP contribution is -2.11. The molecule has 3 nitrogen and oxygen atoms in total. The Morgan fingerprint density at radius 1 is 1.11 bits per heavy atom. The normalized spacial score (nSPS) is 11.9. The third-order valence-corrected chi connectivity index (χ3v) is 2.76. The Bertz CT molecular complexity index is 562. The van der Waals surface area contributed by atoms with Crippen molar-refractivity contribution < 1.29 is 14.3 Å². The van der Waals surface area contributed by atoms with Crippen LogP contribution in [0.25, 0.3) is 0 Å². The minimum Gasteiger partial charge on any atom is -0.389 e. The second kappa shape index (κ2) is 5.63. The van der Waals surface area contributed by atoms with Crippen LogP contribution in [0.4, 0.5) is 10.1 Å². The largest absolute Gasteiger partial charge is 0.389 e. The van der Waals surface area contributed by atoms with Gasteiger partial charge < -0.3 is 10.4 Å². The molecular weight excluding hydrogens is 245 g/mol. The first-order valence-corrected chi connectivity index (χ1v) is 5.91. The number of amides is 1. The number of anilines is 1. The van der Waals surface area contributed by atoms with Crippen molar-refractivity contribution in [1.29, 1.82) is 0 Å². The molecule has 0 saturated heterocycles. The number of halogens is 1. The van der Waals surface area contributed by atoms with Crippen LogP contribution < -0.4 is 5.32 Å². The zero-order valence-corrected chi connectivity index (χ0v) is 10.4. The molecule has 0 aliphatic rings. The van der Waals surface area contributed by atoms with E-state index in [-0.39, 0.29) is 11.7 Å². The van der Waals surface area contributed by atoms with Gasteiger partial charge in [-0.2, -0.15) is 0 Å². The smallest absolute Gasteiger partial charge is 0.255 e. The van der Waals surface area contributed by atoms with Crippen LogP contribution in [0.5, 0.6) is 0 Å². The van der Waals surface area contributed by atoms with Gasteiger partial charge in [0.2, 0.25) is 0 Å². The third-order valence-electron chi connectivity index (χ3n) is 2.76. The number of rotatable bonds is 3. The van der Waals surface area contributed by atoms with Gasteiger partial charge in [-0.05, 0) is 48.9 Å². The molecule has 2 aromatic carbocycles. The fourth-order valence-corrected chi connectivity index (χ4v) is 1.65. The summed E-state index contributed by atoms with van der Waals surface area (Å²) in [5.41, 5.74) is 1.79. The average molecular weight is 259 g/mol. The lowest BCUT2D eigenvalue weighted by Gasteiger charge is -2.08. The quantitative estimate of drug-likeness (QED) is 0.889. The van der Waals surface area contributed by atoms with E-state index in [1.807, 2.05) is 0 Å². The first-order valence-electron chi connectivity index (χ1n) is 5.91. The number of aliphatic hydroxyl groups is 1. The van der Waals surface area contributed by atoms with Crippen LogP contribution in [0.3, 0.4) is 0 Å².